The van der Waals surface area contributed by atoms with Gasteiger partial charge in [0.25, 0.3) is 5.91 Å². The lowest BCUT2D eigenvalue weighted by Crippen LogP contribution is -2.53. The number of likely N-dealkylation sites (tertiary alicyclic amines) is 1. The maximum atomic E-state index is 12.8. The van der Waals surface area contributed by atoms with Gasteiger partial charge in [-0.25, -0.2) is 0 Å². The van der Waals surface area contributed by atoms with Gasteiger partial charge in [0, 0.05) is 18.7 Å². The molecule has 0 radical (unpaired) electrons. The predicted molar refractivity (Wildman–Crippen MR) is 96.7 cm³/mol. The Balaban J connectivity index is 1.64. The van der Waals surface area contributed by atoms with Crippen molar-refractivity contribution < 1.29 is 19.5 Å². The van der Waals surface area contributed by atoms with Crippen LogP contribution in [0.3, 0.4) is 0 Å². The summed E-state index contributed by atoms with van der Waals surface area (Å²) in [5.41, 5.74) is 0.0148. The van der Waals surface area contributed by atoms with Crippen LogP contribution in [-0.4, -0.2) is 46.4 Å². The van der Waals surface area contributed by atoms with Gasteiger partial charge >= 0.3 is 5.97 Å². The van der Waals surface area contributed by atoms with Crippen LogP contribution in [0.4, 0.5) is 0 Å². The molecule has 1 saturated heterocycles. The standard InChI is InChI=1S/C20H26N2O4/c23-17(24)13-20(10-4-5-11-20)21-18(25)16-9-6-12-22(14-16)19(26)15-7-2-1-3-8-15/h1-3,7-8,16H,4-6,9-14H2,(H,21,25)(H,23,24). The minimum Gasteiger partial charge on any atom is -0.481 e. The molecule has 0 spiro atoms. The number of carboxylic acid groups (broad SMARTS) is 1. The molecule has 1 aliphatic heterocycles. The molecule has 2 aliphatic rings. The fraction of sp³-hybridized carbons (Fsp3) is 0.550. The van der Waals surface area contributed by atoms with E-state index < -0.39 is 11.5 Å². The van der Waals surface area contributed by atoms with Crippen molar-refractivity contribution in [3.05, 3.63) is 35.9 Å². The van der Waals surface area contributed by atoms with Crippen molar-refractivity contribution in [3.8, 4) is 0 Å². The number of hydrogen-bond donors (Lipinski definition) is 2. The molecule has 6 heteroatoms. The van der Waals surface area contributed by atoms with Crippen molar-refractivity contribution in [1.82, 2.24) is 10.2 Å². The molecule has 0 aromatic heterocycles. The van der Waals surface area contributed by atoms with Crippen molar-refractivity contribution in [3.63, 3.8) is 0 Å². The van der Waals surface area contributed by atoms with Crippen LogP contribution in [0, 0.1) is 5.92 Å². The predicted octanol–water partition coefficient (Wildman–Crippen LogP) is 2.44. The van der Waals surface area contributed by atoms with Crippen molar-refractivity contribution in [2.45, 2.75) is 50.5 Å². The van der Waals surface area contributed by atoms with Crippen molar-refractivity contribution in [1.29, 1.82) is 0 Å². The zero-order valence-corrected chi connectivity index (χ0v) is 14.9. The van der Waals surface area contributed by atoms with Gasteiger partial charge in [0.2, 0.25) is 5.91 Å². The van der Waals surface area contributed by atoms with E-state index in [2.05, 4.69) is 5.32 Å². The summed E-state index contributed by atoms with van der Waals surface area (Å²) >= 11 is 0. The van der Waals surface area contributed by atoms with E-state index in [0.717, 1.165) is 25.7 Å². The monoisotopic (exact) mass is 358 g/mol. The Morgan fingerprint density at radius 2 is 1.81 bits per heavy atom. The molecule has 1 aliphatic carbocycles. The normalized spacial score (nSPS) is 22.0. The van der Waals surface area contributed by atoms with E-state index >= 15 is 0 Å². The van der Waals surface area contributed by atoms with Crippen molar-refractivity contribution >= 4 is 17.8 Å². The summed E-state index contributed by atoms with van der Waals surface area (Å²) in [4.78, 5) is 38.4. The smallest absolute Gasteiger partial charge is 0.305 e. The fourth-order valence-electron chi connectivity index (χ4n) is 4.19. The first-order valence-electron chi connectivity index (χ1n) is 9.37. The number of amides is 2. The molecule has 1 aromatic rings. The van der Waals surface area contributed by atoms with Crippen LogP contribution in [0.2, 0.25) is 0 Å². The first-order valence-corrected chi connectivity index (χ1v) is 9.37. The van der Waals surface area contributed by atoms with Gasteiger partial charge in [0.1, 0.15) is 0 Å². The van der Waals surface area contributed by atoms with Gasteiger partial charge < -0.3 is 15.3 Å². The Labute approximate surface area is 153 Å². The number of hydrogen-bond acceptors (Lipinski definition) is 3. The number of nitrogens with zero attached hydrogens (tertiary/aromatic N) is 1. The number of rotatable bonds is 5. The number of carbonyl (C=O) groups excluding carboxylic acids is 2. The zero-order valence-electron chi connectivity index (χ0n) is 14.9. The molecule has 0 bridgehead atoms. The van der Waals surface area contributed by atoms with Gasteiger partial charge in [-0.3, -0.25) is 14.4 Å². The summed E-state index contributed by atoms with van der Waals surface area (Å²) in [6.45, 7) is 1.04. The third-order valence-electron chi connectivity index (χ3n) is 5.54. The maximum Gasteiger partial charge on any atom is 0.305 e. The lowest BCUT2D eigenvalue weighted by atomic mass is 9.90. The molecule has 2 N–H and O–H groups in total. The Morgan fingerprint density at radius 3 is 2.46 bits per heavy atom. The molecule has 2 amide bonds. The topological polar surface area (TPSA) is 86.7 Å². The minimum atomic E-state index is -0.878. The number of piperidine rings is 1. The van der Waals surface area contributed by atoms with E-state index in [9.17, 15) is 19.5 Å². The minimum absolute atomic E-state index is 0.0296. The summed E-state index contributed by atoms with van der Waals surface area (Å²) in [6, 6.07) is 9.10. The SMILES string of the molecule is O=C(O)CC1(NC(=O)C2CCCN(C(=O)c3ccccc3)C2)CCCC1. The molecule has 26 heavy (non-hydrogen) atoms. The second-order valence-electron chi connectivity index (χ2n) is 7.50. The average molecular weight is 358 g/mol. The zero-order chi connectivity index (χ0) is 18.6. The van der Waals surface area contributed by atoms with Gasteiger partial charge in [0.05, 0.1) is 17.9 Å². The van der Waals surface area contributed by atoms with Crippen LogP contribution in [0.5, 0.6) is 0 Å². The third kappa shape index (κ3) is 4.23. The largest absolute Gasteiger partial charge is 0.481 e. The molecular formula is C20H26N2O4. The van der Waals surface area contributed by atoms with Crippen molar-refractivity contribution in [2.24, 2.45) is 5.92 Å². The Morgan fingerprint density at radius 1 is 1.12 bits per heavy atom. The van der Waals surface area contributed by atoms with E-state index in [-0.39, 0.29) is 24.2 Å². The van der Waals surface area contributed by atoms with Gasteiger partial charge in [-0.2, -0.15) is 0 Å². The van der Waals surface area contributed by atoms with E-state index in [1.807, 2.05) is 18.2 Å². The third-order valence-corrected chi connectivity index (χ3v) is 5.54. The molecule has 1 saturated carbocycles. The fourth-order valence-corrected chi connectivity index (χ4v) is 4.19. The number of carbonyl (C=O) groups is 3. The van der Waals surface area contributed by atoms with E-state index in [4.69, 9.17) is 0 Å². The van der Waals surface area contributed by atoms with Crippen LogP contribution in [-0.2, 0) is 9.59 Å². The number of nitrogens with one attached hydrogen (secondary N) is 1. The molecule has 1 unspecified atom stereocenters. The highest BCUT2D eigenvalue weighted by Crippen LogP contribution is 2.33. The number of carboxylic acids is 1. The highest BCUT2D eigenvalue weighted by molar-refractivity contribution is 5.94. The summed E-state index contributed by atoms with van der Waals surface area (Å²) in [5.74, 6) is -1.32. The van der Waals surface area contributed by atoms with Gasteiger partial charge in [-0.15, -0.1) is 0 Å². The highest BCUT2D eigenvalue weighted by Gasteiger charge is 2.39. The van der Waals surface area contributed by atoms with E-state index in [1.54, 1.807) is 17.0 Å². The molecular weight excluding hydrogens is 332 g/mol. The quantitative estimate of drug-likeness (QED) is 0.846. The first-order chi connectivity index (χ1) is 12.5. The first kappa shape index (κ1) is 18.4. The number of aliphatic carboxylic acids is 1. The van der Waals surface area contributed by atoms with Crippen molar-refractivity contribution in [2.75, 3.05) is 13.1 Å². The second kappa shape index (κ2) is 7.89. The molecule has 1 atom stereocenters. The molecule has 2 fully saturated rings. The van der Waals surface area contributed by atoms with Gasteiger partial charge in [-0.1, -0.05) is 31.0 Å². The Kier molecular flexibility index (Phi) is 5.59. The Hall–Kier alpha value is -2.37. The van der Waals surface area contributed by atoms with Crippen LogP contribution in [0.1, 0.15) is 55.3 Å². The molecule has 3 rings (SSSR count). The summed E-state index contributed by atoms with van der Waals surface area (Å²) in [6.07, 6.45) is 4.79. The van der Waals surface area contributed by atoms with Gasteiger partial charge in [0.15, 0.2) is 0 Å². The van der Waals surface area contributed by atoms with Crippen LogP contribution in [0.25, 0.3) is 0 Å². The van der Waals surface area contributed by atoms with E-state index in [1.165, 1.54) is 0 Å². The van der Waals surface area contributed by atoms with Crippen LogP contribution < -0.4 is 5.32 Å². The lowest BCUT2D eigenvalue weighted by molar-refractivity contribution is -0.139. The molecule has 140 valence electrons. The molecule has 1 aromatic carbocycles. The summed E-state index contributed by atoms with van der Waals surface area (Å²) in [7, 11) is 0. The highest BCUT2D eigenvalue weighted by atomic mass is 16.4. The average Bonchev–Trinajstić information content (AvgIpc) is 3.09. The lowest BCUT2D eigenvalue weighted by Gasteiger charge is -2.35. The van der Waals surface area contributed by atoms with Crippen LogP contribution in [0.15, 0.2) is 30.3 Å². The Bertz CT molecular complexity index is 668. The maximum absolute atomic E-state index is 12.8. The number of benzene rings is 1. The van der Waals surface area contributed by atoms with E-state index in [0.29, 0.717) is 31.5 Å². The van der Waals surface area contributed by atoms with Gasteiger partial charge in [-0.05, 0) is 37.8 Å². The summed E-state index contributed by atoms with van der Waals surface area (Å²) in [5, 5.41) is 12.2. The summed E-state index contributed by atoms with van der Waals surface area (Å²) < 4.78 is 0. The van der Waals surface area contributed by atoms with Crippen LogP contribution >= 0.6 is 0 Å². The second-order valence-corrected chi connectivity index (χ2v) is 7.50. The molecule has 1 heterocycles. The molecule has 6 nitrogen and oxygen atoms in total.